The molecule has 17 heavy (non-hydrogen) atoms. The molecule has 2 heteroatoms. The smallest absolute Gasteiger partial charge is 0.122 e. The number of ether oxygens (including phenoxy) is 1. The van der Waals surface area contributed by atoms with Gasteiger partial charge in [0.15, 0.2) is 0 Å². The Bertz CT molecular complexity index is 385. The molecule has 0 bridgehead atoms. The van der Waals surface area contributed by atoms with Crippen molar-refractivity contribution in [3.8, 4) is 5.75 Å². The zero-order chi connectivity index (χ0) is 12.3. The quantitative estimate of drug-likeness (QED) is 0.844. The molecule has 0 aliphatic carbocycles. The highest BCUT2D eigenvalue weighted by atomic mass is 16.5. The Balaban J connectivity index is 1.95. The Morgan fingerprint density at radius 2 is 2.18 bits per heavy atom. The van der Waals surface area contributed by atoms with Crippen molar-refractivity contribution >= 4 is 0 Å². The first-order valence-electron chi connectivity index (χ1n) is 6.50. The Morgan fingerprint density at radius 3 is 2.94 bits per heavy atom. The first-order chi connectivity index (χ1) is 8.11. The maximum absolute atomic E-state index is 5.53. The van der Waals surface area contributed by atoms with Crippen LogP contribution >= 0.6 is 0 Å². The summed E-state index contributed by atoms with van der Waals surface area (Å²) < 4.78 is 5.53. The summed E-state index contributed by atoms with van der Waals surface area (Å²) in [6, 6.07) is 6.65. The summed E-state index contributed by atoms with van der Waals surface area (Å²) in [4.78, 5) is 0. The Hall–Kier alpha value is -1.02. The van der Waals surface area contributed by atoms with Crippen LogP contribution in [-0.2, 0) is 12.8 Å². The standard InChI is InChI=1S/C15H23NO/c1-15(2,11-16-3)8-6-12-4-5-14-13(10-12)7-9-17-14/h4-5,10,16H,6-9,11H2,1-3H3. The van der Waals surface area contributed by atoms with Crippen LogP contribution in [0.5, 0.6) is 5.75 Å². The van der Waals surface area contributed by atoms with Crippen LogP contribution in [0.25, 0.3) is 0 Å². The lowest BCUT2D eigenvalue weighted by atomic mass is 9.86. The van der Waals surface area contributed by atoms with E-state index in [0.717, 1.165) is 31.7 Å². The van der Waals surface area contributed by atoms with E-state index in [-0.39, 0.29) is 0 Å². The molecule has 2 nitrogen and oxygen atoms in total. The molecule has 0 saturated heterocycles. The van der Waals surface area contributed by atoms with E-state index < -0.39 is 0 Å². The average molecular weight is 233 g/mol. The van der Waals surface area contributed by atoms with Crippen molar-refractivity contribution in [2.75, 3.05) is 20.2 Å². The molecule has 1 aromatic carbocycles. The van der Waals surface area contributed by atoms with Crippen LogP contribution in [0.1, 0.15) is 31.4 Å². The summed E-state index contributed by atoms with van der Waals surface area (Å²) in [5.74, 6) is 1.09. The Kier molecular flexibility index (Phi) is 3.72. The second-order valence-electron chi connectivity index (χ2n) is 5.74. The molecule has 1 aromatic rings. The molecular weight excluding hydrogens is 210 g/mol. The van der Waals surface area contributed by atoms with Gasteiger partial charge in [0.2, 0.25) is 0 Å². The lowest BCUT2D eigenvalue weighted by molar-refractivity contribution is 0.324. The Labute approximate surface area is 104 Å². The molecule has 0 aromatic heterocycles. The second kappa shape index (κ2) is 5.09. The minimum Gasteiger partial charge on any atom is -0.493 e. The third kappa shape index (κ3) is 3.22. The highest BCUT2D eigenvalue weighted by Crippen LogP contribution is 2.28. The van der Waals surface area contributed by atoms with Crippen LogP contribution in [-0.4, -0.2) is 20.2 Å². The van der Waals surface area contributed by atoms with Gasteiger partial charge < -0.3 is 10.1 Å². The number of hydrogen-bond acceptors (Lipinski definition) is 2. The van der Waals surface area contributed by atoms with Crippen molar-refractivity contribution in [2.24, 2.45) is 5.41 Å². The van der Waals surface area contributed by atoms with Gasteiger partial charge in [0.05, 0.1) is 6.61 Å². The van der Waals surface area contributed by atoms with E-state index in [0.29, 0.717) is 5.41 Å². The summed E-state index contributed by atoms with van der Waals surface area (Å²) in [5, 5.41) is 3.27. The summed E-state index contributed by atoms with van der Waals surface area (Å²) in [7, 11) is 2.02. The summed E-state index contributed by atoms with van der Waals surface area (Å²) >= 11 is 0. The third-order valence-electron chi connectivity index (χ3n) is 3.50. The summed E-state index contributed by atoms with van der Waals surface area (Å²) in [6.45, 7) is 6.56. The predicted molar refractivity (Wildman–Crippen MR) is 71.7 cm³/mol. The number of hydrogen-bond donors (Lipinski definition) is 1. The monoisotopic (exact) mass is 233 g/mol. The van der Waals surface area contributed by atoms with E-state index in [1.54, 1.807) is 0 Å². The molecule has 0 spiro atoms. The van der Waals surface area contributed by atoms with Gasteiger partial charge in [-0.05, 0) is 49.0 Å². The predicted octanol–water partition coefficient (Wildman–Crippen LogP) is 2.80. The minimum absolute atomic E-state index is 0.365. The molecule has 0 atom stereocenters. The van der Waals surface area contributed by atoms with Crippen molar-refractivity contribution < 1.29 is 4.74 Å². The number of nitrogens with one attached hydrogen (secondary N) is 1. The van der Waals surface area contributed by atoms with E-state index in [1.807, 2.05) is 7.05 Å². The van der Waals surface area contributed by atoms with Gasteiger partial charge in [0, 0.05) is 6.42 Å². The lowest BCUT2D eigenvalue weighted by Gasteiger charge is -2.24. The number of benzene rings is 1. The number of aryl methyl sites for hydroxylation is 1. The summed E-state index contributed by atoms with van der Waals surface area (Å²) in [5.41, 5.74) is 3.19. The zero-order valence-corrected chi connectivity index (χ0v) is 11.2. The third-order valence-corrected chi connectivity index (χ3v) is 3.50. The molecule has 1 N–H and O–H groups in total. The minimum atomic E-state index is 0.365. The Morgan fingerprint density at radius 1 is 1.35 bits per heavy atom. The van der Waals surface area contributed by atoms with Gasteiger partial charge in [0.1, 0.15) is 5.75 Å². The van der Waals surface area contributed by atoms with E-state index in [9.17, 15) is 0 Å². The maximum atomic E-state index is 5.53. The fraction of sp³-hybridized carbons (Fsp3) is 0.600. The van der Waals surface area contributed by atoms with Crippen molar-refractivity contribution in [1.82, 2.24) is 5.32 Å². The van der Waals surface area contributed by atoms with Gasteiger partial charge in [-0.2, -0.15) is 0 Å². The largest absolute Gasteiger partial charge is 0.493 e. The molecule has 0 radical (unpaired) electrons. The zero-order valence-electron chi connectivity index (χ0n) is 11.2. The van der Waals surface area contributed by atoms with Gasteiger partial charge >= 0.3 is 0 Å². The fourth-order valence-electron chi connectivity index (χ4n) is 2.45. The molecular formula is C15H23NO. The van der Waals surface area contributed by atoms with E-state index in [4.69, 9.17) is 4.74 Å². The van der Waals surface area contributed by atoms with Crippen molar-refractivity contribution in [3.05, 3.63) is 29.3 Å². The normalized spacial score (nSPS) is 14.5. The molecule has 94 valence electrons. The molecule has 0 fully saturated rings. The molecule has 1 aliphatic rings. The van der Waals surface area contributed by atoms with Gasteiger partial charge in [-0.3, -0.25) is 0 Å². The maximum Gasteiger partial charge on any atom is 0.122 e. The molecule has 0 unspecified atom stereocenters. The summed E-state index contributed by atoms with van der Waals surface area (Å²) in [6.07, 6.45) is 3.44. The first-order valence-corrected chi connectivity index (χ1v) is 6.50. The lowest BCUT2D eigenvalue weighted by Crippen LogP contribution is -2.27. The highest BCUT2D eigenvalue weighted by molar-refractivity contribution is 5.39. The van der Waals surface area contributed by atoms with Crippen LogP contribution in [0.15, 0.2) is 18.2 Å². The van der Waals surface area contributed by atoms with E-state index >= 15 is 0 Å². The molecule has 0 saturated carbocycles. The van der Waals surface area contributed by atoms with Crippen molar-refractivity contribution in [3.63, 3.8) is 0 Å². The molecule has 0 amide bonds. The van der Waals surface area contributed by atoms with Crippen molar-refractivity contribution in [1.29, 1.82) is 0 Å². The van der Waals surface area contributed by atoms with Gasteiger partial charge in [-0.25, -0.2) is 0 Å². The number of rotatable bonds is 5. The van der Waals surface area contributed by atoms with Crippen molar-refractivity contribution in [2.45, 2.75) is 33.1 Å². The van der Waals surface area contributed by atoms with Crippen LogP contribution in [0.2, 0.25) is 0 Å². The van der Waals surface area contributed by atoms with Crippen LogP contribution in [0.4, 0.5) is 0 Å². The SMILES string of the molecule is CNCC(C)(C)CCc1ccc2c(c1)CCO2. The highest BCUT2D eigenvalue weighted by Gasteiger charge is 2.17. The number of fused-ring (bicyclic) bond motifs is 1. The second-order valence-corrected chi connectivity index (χ2v) is 5.74. The molecule has 2 rings (SSSR count). The average Bonchev–Trinajstić information content (AvgIpc) is 2.73. The topological polar surface area (TPSA) is 21.3 Å². The van der Waals surface area contributed by atoms with Crippen LogP contribution in [0, 0.1) is 5.41 Å². The van der Waals surface area contributed by atoms with Gasteiger partial charge in [-0.15, -0.1) is 0 Å². The van der Waals surface area contributed by atoms with Gasteiger partial charge in [-0.1, -0.05) is 26.0 Å². The van der Waals surface area contributed by atoms with Crippen LogP contribution < -0.4 is 10.1 Å². The van der Waals surface area contributed by atoms with E-state index in [2.05, 4.69) is 37.4 Å². The van der Waals surface area contributed by atoms with E-state index in [1.165, 1.54) is 17.5 Å². The first kappa shape index (κ1) is 12.4. The molecule has 1 aliphatic heterocycles. The van der Waals surface area contributed by atoms with Crippen LogP contribution in [0.3, 0.4) is 0 Å². The molecule has 1 heterocycles. The fourth-order valence-corrected chi connectivity index (χ4v) is 2.45. The van der Waals surface area contributed by atoms with Gasteiger partial charge in [0.25, 0.3) is 0 Å².